The second kappa shape index (κ2) is 8.45. The smallest absolute Gasteiger partial charge is 0.220 e. The van der Waals surface area contributed by atoms with Gasteiger partial charge in [-0.3, -0.25) is 4.79 Å². The van der Waals surface area contributed by atoms with Crippen molar-refractivity contribution in [3.8, 4) is 0 Å². The van der Waals surface area contributed by atoms with Crippen LogP contribution in [0.15, 0.2) is 42.5 Å². The highest BCUT2D eigenvalue weighted by Gasteiger charge is 2.23. The molecule has 2 rings (SSSR count). The number of aryl methyl sites for hydroxylation is 1. The van der Waals surface area contributed by atoms with Crippen LogP contribution in [0.3, 0.4) is 0 Å². The van der Waals surface area contributed by atoms with Gasteiger partial charge in [-0.05, 0) is 62.3 Å². The SMILES string of the molecule is CC(C)(O)CC[C@H](C[C@@H](O)CCc1ccc2ccccc2c1)C(N)=O. The second-order valence-corrected chi connectivity index (χ2v) is 7.56. The topological polar surface area (TPSA) is 83.6 Å². The number of hydrogen-bond donors (Lipinski definition) is 3. The van der Waals surface area contributed by atoms with Gasteiger partial charge in [-0.15, -0.1) is 0 Å². The van der Waals surface area contributed by atoms with E-state index >= 15 is 0 Å². The number of rotatable bonds is 9. The lowest BCUT2D eigenvalue weighted by atomic mass is 9.89. The van der Waals surface area contributed by atoms with Gasteiger partial charge < -0.3 is 15.9 Å². The van der Waals surface area contributed by atoms with E-state index in [1.165, 1.54) is 16.3 Å². The minimum Gasteiger partial charge on any atom is -0.393 e. The van der Waals surface area contributed by atoms with Crippen LogP contribution in [0.1, 0.15) is 45.1 Å². The van der Waals surface area contributed by atoms with E-state index in [0.717, 1.165) is 6.42 Å². The fraction of sp³-hybridized carbons (Fsp3) is 0.476. The van der Waals surface area contributed by atoms with Crippen molar-refractivity contribution in [3.63, 3.8) is 0 Å². The Kier molecular flexibility index (Phi) is 6.57. The summed E-state index contributed by atoms with van der Waals surface area (Å²) in [4.78, 5) is 11.6. The number of benzene rings is 2. The molecule has 25 heavy (non-hydrogen) atoms. The Hall–Kier alpha value is -1.91. The number of primary amides is 1. The Morgan fingerprint density at radius 3 is 2.44 bits per heavy atom. The maximum absolute atomic E-state index is 11.6. The van der Waals surface area contributed by atoms with Crippen LogP contribution in [0.2, 0.25) is 0 Å². The highest BCUT2D eigenvalue weighted by Crippen LogP contribution is 2.22. The van der Waals surface area contributed by atoms with E-state index in [-0.39, 0.29) is 0 Å². The Labute approximate surface area is 149 Å². The van der Waals surface area contributed by atoms with Gasteiger partial charge in [0.2, 0.25) is 5.91 Å². The van der Waals surface area contributed by atoms with E-state index in [2.05, 4.69) is 30.3 Å². The summed E-state index contributed by atoms with van der Waals surface area (Å²) in [5, 5.41) is 22.5. The van der Waals surface area contributed by atoms with Crippen molar-refractivity contribution in [1.29, 1.82) is 0 Å². The van der Waals surface area contributed by atoms with Crippen LogP contribution in [-0.4, -0.2) is 27.8 Å². The molecular weight excluding hydrogens is 314 g/mol. The molecule has 4 nitrogen and oxygen atoms in total. The molecule has 0 heterocycles. The Balaban J connectivity index is 1.88. The minimum atomic E-state index is -0.830. The summed E-state index contributed by atoms with van der Waals surface area (Å²) in [5.41, 5.74) is 5.79. The molecule has 4 N–H and O–H groups in total. The van der Waals surface area contributed by atoms with Gasteiger partial charge in [-0.2, -0.15) is 0 Å². The summed E-state index contributed by atoms with van der Waals surface area (Å²) in [6.07, 6.45) is 2.09. The molecule has 1 amide bonds. The molecule has 0 saturated carbocycles. The standard InChI is InChI=1S/C21H29NO3/c1-21(2,25)12-11-18(20(22)24)14-19(23)10-8-15-7-9-16-5-3-4-6-17(16)13-15/h3-7,9,13,18-19,23,25H,8,10-12,14H2,1-2H3,(H2,22,24)/t18-,19+/m1/s1. The van der Waals surface area contributed by atoms with Gasteiger partial charge in [0.1, 0.15) is 0 Å². The largest absolute Gasteiger partial charge is 0.393 e. The zero-order valence-electron chi connectivity index (χ0n) is 15.1. The third-order valence-corrected chi connectivity index (χ3v) is 4.64. The van der Waals surface area contributed by atoms with Gasteiger partial charge in [-0.25, -0.2) is 0 Å². The van der Waals surface area contributed by atoms with Crippen LogP contribution in [-0.2, 0) is 11.2 Å². The predicted molar refractivity (Wildman–Crippen MR) is 101 cm³/mol. The third-order valence-electron chi connectivity index (χ3n) is 4.64. The highest BCUT2D eigenvalue weighted by atomic mass is 16.3. The van der Waals surface area contributed by atoms with Crippen LogP contribution >= 0.6 is 0 Å². The molecule has 0 aliphatic rings. The van der Waals surface area contributed by atoms with Crippen LogP contribution in [0, 0.1) is 5.92 Å². The Morgan fingerprint density at radius 1 is 1.12 bits per heavy atom. The molecular formula is C21H29NO3. The minimum absolute atomic E-state index is 0.346. The van der Waals surface area contributed by atoms with Crippen LogP contribution < -0.4 is 5.73 Å². The zero-order valence-corrected chi connectivity index (χ0v) is 15.1. The number of amides is 1. The number of fused-ring (bicyclic) bond motifs is 1. The molecule has 0 spiro atoms. The number of carbonyl (C=O) groups is 1. The predicted octanol–water partition coefficient (Wildman–Crippen LogP) is 3.18. The monoisotopic (exact) mass is 343 g/mol. The van der Waals surface area contributed by atoms with Crippen molar-refractivity contribution in [2.24, 2.45) is 11.7 Å². The number of aliphatic hydroxyl groups is 2. The molecule has 0 unspecified atom stereocenters. The van der Waals surface area contributed by atoms with Crippen LogP contribution in [0.25, 0.3) is 10.8 Å². The van der Waals surface area contributed by atoms with Crippen molar-refractivity contribution in [1.82, 2.24) is 0 Å². The first-order chi connectivity index (χ1) is 11.7. The molecule has 0 bridgehead atoms. The van der Waals surface area contributed by atoms with Gasteiger partial charge in [0.05, 0.1) is 11.7 Å². The van der Waals surface area contributed by atoms with E-state index < -0.39 is 23.5 Å². The first kappa shape index (κ1) is 19.4. The molecule has 0 aliphatic heterocycles. The summed E-state index contributed by atoms with van der Waals surface area (Å²) in [6, 6.07) is 14.5. The molecule has 2 atom stereocenters. The molecule has 0 aromatic heterocycles. The molecule has 136 valence electrons. The lowest BCUT2D eigenvalue weighted by Crippen LogP contribution is -2.30. The van der Waals surface area contributed by atoms with Crippen molar-refractivity contribution >= 4 is 16.7 Å². The van der Waals surface area contributed by atoms with E-state index in [1.807, 2.05) is 12.1 Å². The van der Waals surface area contributed by atoms with Crippen LogP contribution in [0.5, 0.6) is 0 Å². The number of hydrogen-bond acceptors (Lipinski definition) is 3. The van der Waals surface area contributed by atoms with Crippen molar-refractivity contribution in [2.45, 2.75) is 57.7 Å². The molecule has 4 heteroatoms. The Bertz CT molecular complexity index is 706. The van der Waals surface area contributed by atoms with Crippen molar-refractivity contribution in [2.75, 3.05) is 0 Å². The normalized spacial score (nSPS) is 14.4. The molecule has 0 saturated heterocycles. The van der Waals surface area contributed by atoms with E-state index in [4.69, 9.17) is 5.73 Å². The van der Waals surface area contributed by atoms with E-state index in [0.29, 0.717) is 25.7 Å². The highest BCUT2D eigenvalue weighted by molar-refractivity contribution is 5.83. The van der Waals surface area contributed by atoms with E-state index in [9.17, 15) is 15.0 Å². The van der Waals surface area contributed by atoms with Gasteiger partial charge >= 0.3 is 0 Å². The molecule has 2 aromatic rings. The number of aliphatic hydroxyl groups excluding tert-OH is 1. The third kappa shape index (κ3) is 6.48. The summed E-state index contributed by atoms with van der Waals surface area (Å²) in [6.45, 7) is 3.42. The Morgan fingerprint density at radius 2 is 1.80 bits per heavy atom. The average Bonchev–Trinajstić information content (AvgIpc) is 2.55. The van der Waals surface area contributed by atoms with Gasteiger partial charge in [-0.1, -0.05) is 42.5 Å². The molecule has 0 radical (unpaired) electrons. The second-order valence-electron chi connectivity index (χ2n) is 7.56. The van der Waals surface area contributed by atoms with E-state index in [1.54, 1.807) is 13.8 Å². The van der Waals surface area contributed by atoms with Gasteiger partial charge in [0.15, 0.2) is 0 Å². The average molecular weight is 343 g/mol. The fourth-order valence-electron chi connectivity index (χ4n) is 3.08. The fourth-order valence-corrected chi connectivity index (χ4v) is 3.08. The summed E-state index contributed by atoms with van der Waals surface area (Å²) >= 11 is 0. The lowest BCUT2D eigenvalue weighted by molar-refractivity contribution is -0.123. The molecule has 2 aromatic carbocycles. The maximum atomic E-state index is 11.6. The summed E-state index contributed by atoms with van der Waals surface area (Å²) in [7, 11) is 0. The van der Waals surface area contributed by atoms with Crippen LogP contribution in [0.4, 0.5) is 0 Å². The quantitative estimate of drug-likeness (QED) is 0.654. The first-order valence-electron chi connectivity index (χ1n) is 8.92. The first-order valence-corrected chi connectivity index (χ1v) is 8.92. The number of nitrogens with two attached hydrogens (primary N) is 1. The summed E-state index contributed by atoms with van der Waals surface area (Å²) in [5.74, 6) is -0.813. The lowest BCUT2D eigenvalue weighted by Gasteiger charge is -2.22. The van der Waals surface area contributed by atoms with Gasteiger partial charge in [0.25, 0.3) is 0 Å². The summed E-state index contributed by atoms with van der Waals surface area (Å²) < 4.78 is 0. The van der Waals surface area contributed by atoms with Crippen molar-refractivity contribution < 1.29 is 15.0 Å². The zero-order chi connectivity index (χ0) is 18.4. The van der Waals surface area contributed by atoms with Crippen molar-refractivity contribution in [3.05, 3.63) is 48.0 Å². The molecule has 0 aliphatic carbocycles. The number of carbonyl (C=O) groups excluding carboxylic acids is 1. The maximum Gasteiger partial charge on any atom is 0.220 e. The molecule has 0 fully saturated rings. The van der Waals surface area contributed by atoms with Gasteiger partial charge in [0, 0.05) is 5.92 Å².